The normalized spacial score (nSPS) is 14.6. The van der Waals surface area contributed by atoms with E-state index in [0.29, 0.717) is 41.9 Å². The first-order valence-electron chi connectivity index (χ1n) is 13.7. The number of fused-ring (bicyclic) bond motifs is 1. The maximum absolute atomic E-state index is 13.9. The van der Waals surface area contributed by atoms with E-state index < -0.39 is 0 Å². The third-order valence-electron chi connectivity index (χ3n) is 7.09. The molecule has 0 saturated carbocycles. The van der Waals surface area contributed by atoms with Crippen molar-refractivity contribution in [1.29, 1.82) is 0 Å². The summed E-state index contributed by atoms with van der Waals surface area (Å²) in [5.41, 5.74) is 4.04. The lowest BCUT2D eigenvalue weighted by atomic mass is 9.99. The number of rotatable bonds is 11. The number of ether oxygens (including phenoxy) is 4. The molecule has 0 aliphatic carbocycles. The van der Waals surface area contributed by atoms with Gasteiger partial charge in [-0.3, -0.25) is 14.5 Å². The summed E-state index contributed by atoms with van der Waals surface area (Å²) in [6.45, 7) is 0.523. The number of amides is 2. The maximum Gasteiger partial charge on any atom is 0.240 e. The van der Waals surface area contributed by atoms with Crippen molar-refractivity contribution >= 4 is 29.4 Å². The van der Waals surface area contributed by atoms with Crippen molar-refractivity contribution in [3.05, 3.63) is 83.9 Å². The molecule has 0 fully saturated rings. The molecule has 0 radical (unpaired) electrons. The molecule has 5 rings (SSSR count). The quantitative estimate of drug-likeness (QED) is 0.251. The molecule has 1 aliphatic heterocycles. The molecule has 43 heavy (non-hydrogen) atoms. The van der Waals surface area contributed by atoms with Gasteiger partial charge in [0.1, 0.15) is 18.1 Å². The minimum atomic E-state index is -0.317. The minimum Gasteiger partial charge on any atom is -0.497 e. The molecule has 2 amide bonds. The lowest BCUT2D eigenvalue weighted by molar-refractivity contribution is -0.123. The Morgan fingerprint density at radius 2 is 1.70 bits per heavy atom. The van der Waals surface area contributed by atoms with Crippen LogP contribution in [0.5, 0.6) is 17.2 Å². The Morgan fingerprint density at radius 3 is 2.37 bits per heavy atom. The predicted octanol–water partition coefficient (Wildman–Crippen LogP) is 4.50. The number of carbonyl (C=O) groups excluding carboxylic acids is 2. The lowest BCUT2D eigenvalue weighted by Gasteiger charge is -2.23. The number of anilines is 1. The summed E-state index contributed by atoms with van der Waals surface area (Å²) < 4.78 is 23.3. The fourth-order valence-corrected chi connectivity index (χ4v) is 6.19. The highest BCUT2D eigenvalue weighted by molar-refractivity contribution is 8.00. The van der Waals surface area contributed by atoms with Crippen molar-refractivity contribution in [3.63, 3.8) is 0 Å². The fourth-order valence-electron chi connectivity index (χ4n) is 5.00. The van der Waals surface area contributed by atoms with Crippen molar-refractivity contribution in [1.82, 2.24) is 15.1 Å². The van der Waals surface area contributed by atoms with E-state index in [0.717, 1.165) is 22.4 Å². The van der Waals surface area contributed by atoms with Gasteiger partial charge >= 0.3 is 0 Å². The van der Waals surface area contributed by atoms with E-state index in [1.54, 1.807) is 33.1 Å². The lowest BCUT2D eigenvalue weighted by Crippen LogP contribution is -2.43. The monoisotopic (exact) mass is 602 g/mol. The zero-order chi connectivity index (χ0) is 30.3. The van der Waals surface area contributed by atoms with Crippen molar-refractivity contribution < 1.29 is 28.5 Å². The molecule has 224 valence electrons. The Labute approximate surface area is 254 Å². The first kappa shape index (κ1) is 30.0. The first-order chi connectivity index (χ1) is 21.0. The van der Waals surface area contributed by atoms with Gasteiger partial charge in [-0.1, -0.05) is 36.4 Å². The second-order valence-electron chi connectivity index (χ2n) is 9.69. The van der Waals surface area contributed by atoms with Crippen LogP contribution in [0.25, 0.3) is 16.9 Å². The van der Waals surface area contributed by atoms with E-state index >= 15 is 0 Å². The van der Waals surface area contributed by atoms with Gasteiger partial charge in [-0.05, 0) is 42.0 Å². The van der Waals surface area contributed by atoms with Crippen LogP contribution in [0.2, 0.25) is 0 Å². The van der Waals surface area contributed by atoms with Gasteiger partial charge < -0.3 is 24.3 Å². The number of methoxy groups -OCH3 is 4. The number of hydrogen-bond acceptors (Lipinski definition) is 8. The third-order valence-corrected chi connectivity index (χ3v) is 8.35. The van der Waals surface area contributed by atoms with Crippen LogP contribution in [0, 0.1) is 0 Å². The highest BCUT2D eigenvalue weighted by atomic mass is 32.2. The van der Waals surface area contributed by atoms with Gasteiger partial charge in [-0.25, -0.2) is 4.68 Å². The van der Waals surface area contributed by atoms with Crippen LogP contribution < -0.4 is 24.4 Å². The van der Waals surface area contributed by atoms with Gasteiger partial charge in [0.05, 0.1) is 50.3 Å². The molecule has 1 atom stereocenters. The van der Waals surface area contributed by atoms with Gasteiger partial charge in [0, 0.05) is 24.8 Å². The van der Waals surface area contributed by atoms with E-state index in [-0.39, 0.29) is 29.4 Å². The topological polar surface area (TPSA) is 104 Å². The second-order valence-corrected chi connectivity index (χ2v) is 10.8. The minimum absolute atomic E-state index is 0.149. The molecule has 2 heterocycles. The van der Waals surface area contributed by atoms with Crippen LogP contribution in [0.3, 0.4) is 0 Å². The maximum atomic E-state index is 13.9. The van der Waals surface area contributed by atoms with Gasteiger partial charge in [0.25, 0.3) is 0 Å². The summed E-state index contributed by atoms with van der Waals surface area (Å²) in [7, 11) is 6.37. The number of nitrogens with one attached hydrogen (secondary N) is 1. The standard InChI is InChI=1S/C32H34N4O6S/c1-39-17-16-33-27(37)19-35-28(38)20-43-31(22-10-15-25(41-3)26(18-22)42-4)29-30(21-8-6-5-7-9-21)34-36(32(29)35)23-11-13-24(40-2)14-12-23/h5-15,18,31H,16-17,19-20H2,1-4H3,(H,33,37). The largest absolute Gasteiger partial charge is 0.497 e. The van der Waals surface area contributed by atoms with Gasteiger partial charge in [0.2, 0.25) is 11.8 Å². The van der Waals surface area contributed by atoms with Crippen molar-refractivity contribution in [3.8, 4) is 34.2 Å². The zero-order valence-corrected chi connectivity index (χ0v) is 25.3. The van der Waals surface area contributed by atoms with E-state index in [1.807, 2.05) is 72.8 Å². The first-order valence-corrected chi connectivity index (χ1v) is 14.8. The Balaban J connectivity index is 1.75. The molecule has 11 heteroatoms. The molecular weight excluding hydrogens is 568 g/mol. The average Bonchev–Trinajstić information content (AvgIpc) is 3.37. The van der Waals surface area contributed by atoms with Crippen LogP contribution in [-0.2, 0) is 14.3 Å². The number of hydrogen-bond donors (Lipinski definition) is 1. The number of thioether (sulfide) groups is 1. The highest BCUT2D eigenvalue weighted by Gasteiger charge is 2.38. The molecule has 1 N–H and O–H groups in total. The highest BCUT2D eigenvalue weighted by Crippen LogP contribution is 2.49. The van der Waals surface area contributed by atoms with Crippen LogP contribution >= 0.6 is 11.8 Å². The summed E-state index contributed by atoms with van der Waals surface area (Å²) in [4.78, 5) is 28.5. The number of benzene rings is 3. The van der Waals surface area contributed by atoms with E-state index in [9.17, 15) is 9.59 Å². The van der Waals surface area contributed by atoms with Crippen LogP contribution in [0.4, 0.5) is 5.82 Å². The van der Waals surface area contributed by atoms with Crippen LogP contribution in [0.15, 0.2) is 72.8 Å². The van der Waals surface area contributed by atoms with Crippen molar-refractivity contribution in [2.75, 3.05) is 58.8 Å². The predicted molar refractivity (Wildman–Crippen MR) is 167 cm³/mol. The molecule has 0 saturated heterocycles. The van der Waals surface area contributed by atoms with Crippen LogP contribution in [0.1, 0.15) is 16.4 Å². The van der Waals surface area contributed by atoms with E-state index in [4.69, 9.17) is 24.0 Å². The number of nitrogens with zero attached hydrogens (tertiary/aromatic N) is 3. The number of aromatic nitrogens is 2. The van der Waals surface area contributed by atoms with Crippen molar-refractivity contribution in [2.24, 2.45) is 0 Å². The second kappa shape index (κ2) is 13.7. The zero-order valence-electron chi connectivity index (χ0n) is 24.5. The molecular formula is C32H34N4O6S. The van der Waals surface area contributed by atoms with E-state index in [1.165, 1.54) is 16.7 Å². The molecule has 10 nitrogen and oxygen atoms in total. The van der Waals surface area contributed by atoms with Crippen LogP contribution in [-0.4, -0.2) is 75.5 Å². The summed E-state index contributed by atoms with van der Waals surface area (Å²) in [5, 5.41) is 7.64. The Morgan fingerprint density at radius 1 is 0.953 bits per heavy atom. The molecule has 1 aliphatic rings. The summed E-state index contributed by atoms with van der Waals surface area (Å²) in [6.07, 6.45) is 0. The van der Waals surface area contributed by atoms with Gasteiger partial charge in [-0.15, -0.1) is 11.8 Å². The smallest absolute Gasteiger partial charge is 0.240 e. The SMILES string of the molecule is COCCNC(=O)CN1C(=O)CSC(c2ccc(OC)c(OC)c2)c2c(-c3ccccc3)nn(-c3ccc(OC)cc3)c21. The summed E-state index contributed by atoms with van der Waals surface area (Å²) in [5.74, 6) is 2.05. The molecule has 1 unspecified atom stereocenters. The fraction of sp³-hybridized carbons (Fsp3) is 0.281. The Kier molecular flexibility index (Phi) is 9.53. The Hall–Kier alpha value is -4.48. The van der Waals surface area contributed by atoms with Gasteiger partial charge in [0.15, 0.2) is 11.5 Å². The van der Waals surface area contributed by atoms with Crippen molar-refractivity contribution in [2.45, 2.75) is 5.25 Å². The average molecular weight is 603 g/mol. The molecule has 4 aromatic rings. The van der Waals surface area contributed by atoms with Gasteiger partial charge in [-0.2, -0.15) is 5.10 Å². The third kappa shape index (κ3) is 6.32. The molecule has 3 aromatic carbocycles. The number of carbonyl (C=O) groups is 2. The molecule has 0 bridgehead atoms. The van der Waals surface area contributed by atoms with E-state index in [2.05, 4.69) is 5.32 Å². The summed E-state index contributed by atoms with van der Waals surface area (Å²) in [6, 6.07) is 23.0. The molecule has 0 spiro atoms. The Bertz CT molecular complexity index is 1570. The molecule has 1 aromatic heterocycles. The summed E-state index contributed by atoms with van der Waals surface area (Å²) >= 11 is 1.48.